The molecule has 24 heavy (non-hydrogen) atoms. The summed E-state index contributed by atoms with van der Waals surface area (Å²) >= 11 is 8.68. The molecule has 1 aliphatic rings. The molecule has 128 valence electrons. The van der Waals surface area contributed by atoms with E-state index in [1.807, 2.05) is 0 Å². The molecule has 9 heteroatoms. The van der Waals surface area contributed by atoms with Crippen molar-refractivity contribution < 1.29 is 9.53 Å². The van der Waals surface area contributed by atoms with E-state index >= 15 is 0 Å². The largest absolute Gasteiger partial charge is 0.492 e. The molecule has 3 rings (SSSR count). The third kappa shape index (κ3) is 5.85. The highest BCUT2D eigenvalue weighted by Crippen LogP contribution is 2.29. The topological polar surface area (TPSA) is 76.1 Å². The number of hydrogen-bond donors (Lipinski definition) is 2. The molecule has 2 aromatic rings. The molecule has 1 fully saturated rings. The van der Waals surface area contributed by atoms with Crippen LogP contribution in [0.3, 0.4) is 0 Å². The molecule has 1 aromatic carbocycles. The van der Waals surface area contributed by atoms with E-state index < -0.39 is 0 Å². The number of aromatic nitrogens is 2. The van der Waals surface area contributed by atoms with Gasteiger partial charge in [-0.15, -0.1) is 10.2 Å². The van der Waals surface area contributed by atoms with Crippen LogP contribution in [0.25, 0.3) is 0 Å². The highest BCUT2D eigenvalue weighted by atomic mass is 35.5. The molecule has 0 saturated heterocycles. The van der Waals surface area contributed by atoms with Gasteiger partial charge in [0.25, 0.3) is 0 Å². The highest BCUT2D eigenvalue weighted by Gasteiger charge is 2.22. The molecule has 1 amide bonds. The van der Waals surface area contributed by atoms with Gasteiger partial charge in [-0.25, -0.2) is 0 Å². The van der Waals surface area contributed by atoms with Crippen LogP contribution in [0.2, 0.25) is 5.02 Å². The number of anilines is 1. The number of carbonyl (C=O) groups is 1. The zero-order valence-electron chi connectivity index (χ0n) is 12.8. The van der Waals surface area contributed by atoms with E-state index in [0.29, 0.717) is 30.0 Å². The Morgan fingerprint density at radius 2 is 2.12 bits per heavy atom. The van der Waals surface area contributed by atoms with Crippen molar-refractivity contribution in [3.8, 4) is 5.75 Å². The molecule has 6 nitrogen and oxygen atoms in total. The zero-order chi connectivity index (χ0) is 16.8. The second-order valence-corrected chi connectivity index (χ2v) is 7.87. The maximum absolute atomic E-state index is 11.8. The van der Waals surface area contributed by atoms with Gasteiger partial charge >= 0.3 is 0 Å². The number of halogens is 1. The first kappa shape index (κ1) is 17.3. The number of hydrogen-bond acceptors (Lipinski definition) is 7. The fourth-order valence-corrected chi connectivity index (χ4v) is 3.58. The Morgan fingerprint density at radius 3 is 2.88 bits per heavy atom. The molecule has 0 atom stereocenters. The Bertz CT molecular complexity index is 676. The summed E-state index contributed by atoms with van der Waals surface area (Å²) in [5.41, 5.74) is 0. The van der Waals surface area contributed by atoms with E-state index in [0.717, 1.165) is 15.2 Å². The van der Waals surface area contributed by atoms with Gasteiger partial charge in [-0.2, -0.15) is 0 Å². The SMILES string of the molecule is O=C(CSc1nnc(NC2CC2)s1)NCCOc1ccc(Cl)cc1. The summed E-state index contributed by atoms with van der Waals surface area (Å²) in [5, 5.41) is 15.7. The summed E-state index contributed by atoms with van der Waals surface area (Å²) in [6.07, 6.45) is 2.39. The normalized spacial score (nSPS) is 13.5. The first-order chi connectivity index (χ1) is 11.7. The number of carbonyl (C=O) groups excluding carboxylic acids is 1. The van der Waals surface area contributed by atoms with Gasteiger partial charge in [-0.3, -0.25) is 4.79 Å². The number of ether oxygens (including phenoxy) is 1. The van der Waals surface area contributed by atoms with Crippen LogP contribution in [0.1, 0.15) is 12.8 Å². The minimum absolute atomic E-state index is 0.0494. The van der Waals surface area contributed by atoms with E-state index in [2.05, 4.69) is 20.8 Å². The van der Waals surface area contributed by atoms with Gasteiger partial charge in [0.15, 0.2) is 4.34 Å². The standard InChI is InChI=1S/C15H17ClN4O2S2/c16-10-1-5-12(6-2-10)22-8-7-17-13(21)9-23-15-20-19-14(24-15)18-11-3-4-11/h1-2,5-6,11H,3-4,7-9H2,(H,17,21)(H,18,19). The number of nitrogens with one attached hydrogen (secondary N) is 2. The van der Waals surface area contributed by atoms with Crippen molar-refractivity contribution >= 4 is 45.7 Å². The van der Waals surface area contributed by atoms with Crippen molar-refractivity contribution in [1.29, 1.82) is 0 Å². The van der Waals surface area contributed by atoms with E-state index in [9.17, 15) is 4.79 Å². The van der Waals surface area contributed by atoms with Gasteiger partial charge in [0.05, 0.1) is 12.3 Å². The summed E-state index contributed by atoms with van der Waals surface area (Å²) in [7, 11) is 0. The summed E-state index contributed by atoms with van der Waals surface area (Å²) in [6.45, 7) is 0.860. The van der Waals surface area contributed by atoms with E-state index in [1.165, 1.54) is 35.9 Å². The molecule has 1 saturated carbocycles. The molecule has 0 aliphatic heterocycles. The summed E-state index contributed by atoms with van der Waals surface area (Å²) in [5.74, 6) is 0.998. The lowest BCUT2D eigenvalue weighted by Crippen LogP contribution is -2.29. The predicted octanol–water partition coefficient (Wildman–Crippen LogP) is 3.05. The minimum atomic E-state index is -0.0494. The lowest BCUT2D eigenvalue weighted by molar-refractivity contribution is -0.118. The monoisotopic (exact) mass is 384 g/mol. The average Bonchev–Trinajstić information content (AvgIpc) is 3.28. The Hall–Kier alpha value is -1.51. The van der Waals surface area contributed by atoms with Crippen LogP contribution >= 0.6 is 34.7 Å². The minimum Gasteiger partial charge on any atom is -0.492 e. The second kappa shape index (κ2) is 8.55. The van der Waals surface area contributed by atoms with E-state index in [1.54, 1.807) is 24.3 Å². The number of thioether (sulfide) groups is 1. The Labute approximate surface area is 153 Å². The second-order valence-electron chi connectivity index (χ2n) is 5.23. The Morgan fingerprint density at radius 1 is 1.33 bits per heavy atom. The maximum Gasteiger partial charge on any atom is 0.230 e. The lowest BCUT2D eigenvalue weighted by atomic mass is 10.3. The van der Waals surface area contributed by atoms with Gasteiger partial charge in [0.2, 0.25) is 11.0 Å². The maximum atomic E-state index is 11.8. The average molecular weight is 385 g/mol. The van der Waals surface area contributed by atoms with Crippen molar-refractivity contribution in [3.63, 3.8) is 0 Å². The zero-order valence-corrected chi connectivity index (χ0v) is 15.2. The van der Waals surface area contributed by atoms with Crippen LogP contribution in [0, 0.1) is 0 Å². The molecular formula is C15H17ClN4O2S2. The van der Waals surface area contributed by atoms with Crippen LogP contribution in [-0.2, 0) is 4.79 Å². The molecule has 0 spiro atoms. The van der Waals surface area contributed by atoms with Gasteiger partial charge in [-0.1, -0.05) is 34.7 Å². The number of benzene rings is 1. The lowest BCUT2D eigenvalue weighted by Gasteiger charge is -2.07. The van der Waals surface area contributed by atoms with Crippen molar-refractivity contribution in [2.24, 2.45) is 0 Å². The van der Waals surface area contributed by atoms with Crippen molar-refractivity contribution in [1.82, 2.24) is 15.5 Å². The van der Waals surface area contributed by atoms with Gasteiger partial charge in [-0.05, 0) is 37.1 Å². The van der Waals surface area contributed by atoms with Gasteiger partial charge < -0.3 is 15.4 Å². The summed E-state index contributed by atoms with van der Waals surface area (Å²) in [4.78, 5) is 11.8. The third-order valence-corrected chi connectivity index (χ3v) is 5.38. The molecule has 1 aromatic heterocycles. The first-order valence-corrected chi connectivity index (χ1v) is 9.75. The van der Waals surface area contributed by atoms with Gasteiger partial charge in [0.1, 0.15) is 12.4 Å². The van der Waals surface area contributed by atoms with E-state index in [-0.39, 0.29) is 5.91 Å². The van der Waals surface area contributed by atoms with Crippen LogP contribution in [0.4, 0.5) is 5.13 Å². The summed E-state index contributed by atoms with van der Waals surface area (Å²) < 4.78 is 6.31. The summed E-state index contributed by atoms with van der Waals surface area (Å²) in [6, 6.07) is 7.67. The Kier molecular flexibility index (Phi) is 6.17. The molecule has 1 heterocycles. The van der Waals surface area contributed by atoms with Crippen LogP contribution in [0.5, 0.6) is 5.75 Å². The molecule has 0 unspecified atom stereocenters. The smallest absolute Gasteiger partial charge is 0.230 e. The number of amides is 1. The first-order valence-electron chi connectivity index (χ1n) is 7.57. The predicted molar refractivity (Wildman–Crippen MR) is 97.2 cm³/mol. The Balaban J connectivity index is 1.29. The quantitative estimate of drug-likeness (QED) is 0.511. The van der Waals surface area contributed by atoms with Crippen molar-refractivity contribution in [2.45, 2.75) is 23.2 Å². The van der Waals surface area contributed by atoms with Crippen molar-refractivity contribution in [3.05, 3.63) is 29.3 Å². The molecular weight excluding hydrogens is 368 g/mol. The third-order valence-electron chi connectivity index (χ3n) is 3.14. The molecule has 0 radical (unpaired) electrons. The van der Waals surface area contributed by atoms with Gasteiger partial charge in [0, 0.05) is 11.1 Å². The highest BCUT2D eigenvalue weighted by molar-refractivity contribution is 8.01. The molecule has 1 aliphatic carbocycles. The number of nitrogens with zero attached hydrogens (tertiary/aromatic N) is 2. The van der Waals surface area contributed by atoms with Crippen molar-refractivity contribution in [2.75, 3.05) is 24.2 Å². The van der Waals surface area contributed by atoms with Crippen LogP contribution < -0.4 is 15.4 Å². The van der Waals surface area contributed by atoms with E-state index in [4.69, 9.17) is 16.3 Å². The molecule has 2 N–H and O–H groups in total. The van der Waals surface area contributed by atoms with Crippen LogP contribution in [0.15, 0.2) is 28.6 Å². The molecule has 0 bridgehead atoms. The van der Waals surface area contributed by atoms with Crippen LogP contribution in [-0.4, -0.2) is 41.1 Å². The fraction of sp³-hybridized carbons (Fsp3) is 0.400. The fourth-order valence-electron chi connectivity index (χ4n) is 1.80. The number of rotatable bonds is 9.